The molecular formula is C9H12N4O2. The summed E-state index contributed by atoms with van der Waals surface area (Å²) in [5.41, 5.74) is 6.67. The fourth-order valence-electron chi connectivity index (χ4n) is 1.70. The highest BCUT2D eigenvalue weighted by molar-refractivity contribution is 5.47. The van der Waals surface area contributed by atoms with Crippen LogP contribution in [-0.4, -0.2) is 29.0 Å². The Morgan fingerprint density at radius 3 is 2.87 bits per heavy atom. The molecule has 1 atom stereocenters. The van der Waals surface area contributed by atoms with Crippen LogP contribution in [0.15, 0.2) is 18.3 Å². The second-order valence-corrected chi connectivity index (χ2v) is 3.63. The monoisotopic (exact) mass is 208 g/mol. The maximum atomic E-state index is 10.4. The molecule has 1 aliphatic heterocycles. The first-order valence-corrected chi connectivity index (χ1v) is 4.78. The van der Waals surface area contributed by atoms with E-state index in [4.69, 9.17) is 5.73 Å². The topological polar surface area (TPSA) is 85.3 Å². The molecule has 1 aromatic rings. The van der Waals surface area contributed by atoms with Crippen LogP contribution in [0.4, 0.5) is 11.5 Å². The van der Waals surface area contributed by atoms with E-state index in [1.54, 1.807) is 6.07 Å². The van der Waals surface area contributed by atoms with Crippen LogP contribution in [0, 0.1) is 10.1 Å². The smallest absolute Gasteiger partial charge is 0.363 e. The summed E-state index contributed by atoms with van der Waals surface area (Å²) in [4.78, 5) is 15.7. The second kappa shape index (κ2) is 3.82. The predicted molar refractivity (Wildman–Crippen MR) is 55.7 cm³/mol. The summed E-state index contributed by atoms with van der Waals surface area (Å²) in [5, 5.41) is 10.4. The third kappa shape index (κ3) is 2.04. The van der Waals surface area contributed by atoms with Gasteiger partial charge in [-0.2, -0.15) is 0 Å². The molecule has 6 heteroatoms. The van der Waals surface area contributed by atoms with Gasteiger partial charge in [-0.15, -0.1) is 0 Å². The van der Waals surface area contributed by atoms with Crippen molar-refractivity contribution in [1.29, 1.82) is 0 Å². The summed E-state index contributed by atoms with van der Waals surface area (Å²) in [5.74, 6) is -0.123. The van der Waals surface area contributed by atoms with Crippen molar-refractivity contribution in [3.05, 3.63) is 28.4 Å². The van der Waals surface area contributed by atoms with E-state index in [-0.39, 0.29) is 11.9 Å². The molecule has 0 spiro atoms. The fourth-order valence-corrected chi connectivity index (χ4v) is 1.70. The highest BCUT2D eigenvalue weighted by Gasteiger charge is 2.20. The number of nitrogens with zero attached hydrogens (tertiary/aromatic N) is 3. The number of hydrogen-bond donors (Lipinski definition) is 1. The minimum Gasteiger partial charge on any atom is -0.367 e. The van der Waals surface area contributed by atoms with Crippen LogP contribution in [0.1, 0.15) is 6.42 Å². The Bertz CT molecular complexity index is 365. The third-order valence-electron chi connectivity index (χ3n) is 2.51. The highest BCUT2D eigenvalue weighted by atomic mass is 16.6. The van der Waals surface area contributed by atoms with Gasteiger partial charge in [0, 0.05) is 25.2 Å². The van der Waals surface area contributed by atoms with Crippen molar-refractivity contribution in [3.63, 3.8) is 0 Å². The van der Waals surface area contributed by atoms with E-state index in [0.29, 0.717) is 0 Å². The molecule has 0 saturated carbocycles. The Balaban J connectivity index is 2.13. The molecule has 2 heterocycles. The van der Waals surface area contributed by atoms with Crippen LogP contribution in [0.25, 0.3) is 0 Å². The summed E-state index contributed by atoms with van der Waals surface area (Å²) in [6, 6.07) is 3.32. The van der Waals surface area contributed by atoms with Gasteiger partial charge in [0.2, 0.25) is 0 Å². The average Bonchev–Trinajstić information content (AvgIpc) is 2.65. The van der Waals surface area contributed by atoms with Crippen LogP contribution in [-0.2, 0) is 0 Å². The number of pyridine rings is 1. The Morgan fingerprint density at radius 1 is 1.60 bits per heavy atom. The summed E-state index contributed by atoms with van der Waals surface area (Å²) < 4.78 is 0. The first kappa shape index (κ1) is 9.85. The lowest BCUT2D eigenvalue weighted by molar-refractivity contribution is -0.389. The van der Waals surface area contributed by atoms with Gasteiger partial charge in [0.15, 0.2) is 6.20 Å². The molecule has 80 valence electrons. The van der Waals surface area contributed by atoms with Crippen molar-refractivity contribution in [2.24, 2.45) is 5.73 Å². The molecule has 1 saturated heterocycles. The Morgan fingerprint density at radius 2 is 2.40 bits per heavy atom. The van der Waals surface area contributed by atoms with E-state index in [1.165, 1.54) is 12.3 Å². The zero-order valence-electron chi connectivity index (χ0n) is 8.17. The number of hydrogen-bond acceptors (Lipinski definition) is 5. The van der Waals surface area contributed by atoms with Crippen molar-refractivity contribution >= 4 is 11.5 Å². The molecule has 2 N–H and O–H groups in total. The van der Waals surface area contributed by atoms with Crippen LogP contribution in [0.2, 0.25) is 0 Å². The first-order valence-electron chi connectivity index (χ1n) is 4.78. The number of aromatic nitrogens is 1. The van der Waals surface area contributed by atoms with Crippen LogP contribution in [0.5, 0.6) is 0 Å². The molecule has 1 aromatic heterocycles. The minimum atomic E-state index is -0.500. The van der Waals surface area contributed by atoms with Crippen molar-refractivity contribution in [2.75, 3.05) is 18.0 Å². The zero-order valence-corrected chi connectivity index (χ0v) is 8.17. The molecule has 6 nitrogen and oxygen atoms in total. The first-order chi connectivity index (χ1) is 7.16. The molecule has 0 aliphatic carbocycles. The number of rotatable bonds is 2. The molecule has 0 radical (unpaired) electrons. The third-order valence-corrected chi connectivity index (χ3v) is 2.51. The lowest BCUT2D eigenvalue weighted by atomic mass is 10.3. The van der Waals surface area contributed by atoms with Crippen molar-refractivity contribution in [2.45, 2.75) is 12.5 Å². The van der Waals surface area contributed by atoms with Crippen LogP contribution < -0.4 is 10.6 Å². The lowest BCUT2D eigenvalue weighted by Crippen LogP contribution is -2.26. The van der Waals surface area contributed by atoms with Crippen molar-refractivity contribution in [3.8, 4) is 0 Å². The fraction of sp³-hybridized carbons (Fsp3) is 0.444. The largest absolute Gasteiger partial charge is 0.367 e. The maximum absolute atomic E-state index is 10.4. The number of nitrogens with two attached hydrogens (primary N) is 1. The summed E-state index contributed by atoms with van der Waals surface area (Å²) >= 11 is 0. The van der Waals surface area contributed by atoms with E-state index in [1.807, 2.05) is 0 Å². The Labute approximate surface area is 86.9 Å². The van der Waals surface area contributed by atoms with E-state index < -0.39 is 4.92 Å². The van der Waals surface area contributed by atoms with Gasteiger partial charge in [0.05, 0.1) is 5.69 Å². The highest BCUT2D eigenvalue weighted by Crippen LogP contribution is 2.20. The predicted octanol–water partition coefficient (Wildman–Crippen LogP) is 0.527. The molecule has 2 rings (SSSR count). The summed E-state index contributed by atoms with van der Waals surface area (Å²) in [6.45, 7) is 1.68. The average molecular weight is 208 g/mol. The second-order valence-electron chi connectivity index (χ2n) is 3.63. The van der Waals surface area contributed by atoms with Gasteiger partial charge in [-0.3, -0.25) is 0 Å². The normalized spacial score (nSPS) is 20.6. The van der Waals surface area contributed by atoms with Gasteiger partial charge in [-0.05, 0) is 22.4 Å². The van der Waals surface area contributed by atoms with E-state index >= 15 is 0 Å². The molecule has 15 heavy (non-hydrogen) atoms. The molecular weight excluding hydrogens is 196 g/mol. The zero-order chi connectivity index (χ0) is 10.8. The molecule has 1 unspecified atom stereocenters. The van der Waals surface area contributed by atoms with E-state index in [9.17, 15) is 10.1 Å². The van der Waals surface area contributed by atoms with Gasteiger partial charge in [0.1, 0.15) is 0 Å². The molecule has 0 bridgehead atoms. The van der Waals surface area contributed by atoms with Crippen molar-refractivity contribution in [1.82, 2.24) is 4.98 Å². The van der Waals surface area contributed by atoms with E-state index in [0.717, 1.165) is 25.2 Å². The molecule has 0 aromatic carbocycles. The maximum Gasteiger partial charge on any atom is 0.363 e. The Hall–Kier alpha value is -1.69. The molecule has 1 aliphatic rings. The van der Waals surface area contributed by atoms with Gasteiger partial charge in [-0.25, -0.2) is 0 Å². The van der Waals surface area contributed by atoms with Gasteiger partial charge >= 0.3 is 5.82 Å². The Kier molecular flexibility index (Phi) is 2.51. The number of anilines is 1. The van der Waals surface area contributed by atoms with Crippen LogP contribution >= 0.6 is 0 Å². The van der Waals surface area contributed by atoms with Gasteiger partial charge < -0.3 is 20.7 Å². The summed E-state index contributed by atoms with van der Waals surface area (Å²) in [7, 11) is 0. The van der Waals surface area contributed by atoms with Gasteiger partial charge in [-0.1, -0.05) is 0 Å². The standard InChI is InChI=1S/C9H12N4O2/c10-7-3-4-12(6-7)8-1-2-9(11-5-8)13(14)15/h1-2,5,7H,3-4,6,10H2. The molecule has 1 fully saturated rings. The minimum absolute atomic E-state index is 0.123. The SMILES string of the molecule is NC1CCN(c2ccc([N+](=O)[O-])nc2)C1. The van der Waals surface area contributed by atoms with E-state index in [2.05, 4.69) is 9.88 Å². The summed E-state index contributed by atoms with van der Waals surface area (Å²) in [6.07, 6.45) is 2.48. The quantitative estimate of drug-likeness (QED) is 0.566. The number of nitro groups is 1. The van der Waals surface area contributed by atoms with Gasteiger partial charge in [0.25, 0.3) is 0 Å². The molecule has 0 amide bonds. The van der Waals surface area contributed by atoms with Crippen molar-refractivity contribution < 1.29 is 4.92 Å². The van der Waals surface area contributed by atoms with Crippen LogP contribution in [0.3, 0.4) is 0 Å². The lowest BCUT2D eigenvalue weighted by Gasteiger charge is -2.15.